The average Bonchev–Trinajstić information content (AvgIpc) is 2.33. The highest BCUT2D eigenvalue weighted by Gasteiger charge is 2.44. The van der Waals surface area contributed by atoms with Crippen LogP contribution in [0.4, 0.5) is 0 Å². The van der Waals surface area contributed by atoms with E-state index in [1.165, 1.54) is 0 Å². The minimum absolute atomic E-state index is 0.0798. The zero-order chi connectivity index (χ0) is 13.3. The lowest BCUT2D eigenvalue weighted by Crippen LogP contribution is -2.68. The molecule has 0 saturated carbocycles. The molecule has 2 atom stereocenters. The fourth-order valence-corrected chi connectivity index (χ4v) is 2.24. The molecule has 6 heteroatoms. The van der Waals surface area contributed by atoms with E-state index in [0.717, 1.165) is 0 Å². The van der Waals surface area contributed by atoms with Crippen LogP contribution in [0.3, 0.4) is 0 Å². The Morgan fingerprint density at radius 1 is 1.39 bits per heavy atom. The van der Waals surface area contributed by atoms with Crippen molar-refractivity contribution in [2.75, 3.05) is 26.4 Å². The minimum Gasteiger partial charge on any atom is -0.376 e. The lowest BCUT2D eigenvalue weighted by Gasteiger charge is -2.43. The van der Waals surface area contributed by atoms with Crippen molar-refractivity contribution in [3.05, 3.63) is 0 Å². The summed E-state index contributed by atoms with van der Waals surface area (Å²) in [5.74, 6) is -0.208. The van der Waals surface area contributed by atoms with Gasteiger partial charge in [0.1, 0.15) is 11.6 Å². The van der Waals surface area contributed by atoms with Gasteiger partial charge in [0.05, 0.1) is 32.5 Å². The molecule has 1 N–H and O–H groups in total. The van der Waals surface area contributed by atoms with E-state index in [1.807, 2.05) is 0 Å². The van der Waals surface area contributed by atoms with Gasteiger partial charge in [-0.3, -0.25) is 9.59 Å². The molecule has 0 spiro atoms. The maximum atomic E-state index is 12.3. The third kappa shape index (κ3) is 2.49. The van der Waals surface area contributed by atoms with Crippen molar-refractivity contribution < 1.29 is 19.1 Å². The summed E-state index contributed by atoms with van der Waals surface area (Å²) in [5.41, 5.74) is -0.848. The number of ether oxygens (including phenoxy) is 2. The Morgan fingerprint density at radius 3 is 2.72 bits per heavy atom. The van der Waals surface area contributed by atoms with Crippen molar-refractivity contribution in [2.24, 2.45) is 0 Å². The van der Waals surface area contributed by atoms with E-state index in [4.69, 9.17) is 9.47 Å². The van der Waals surface area contributed by atoms with Crippen LogP contribution in [0.25, 0.3) is 0 Å². The number of nitrogens with zero attached hydrogens (tertiary/aromatic N) is 1. The van der Waals surface area contributed by atoms with Crippen molar-refractivity contribution in [3.63, 3.8) is 0 Å². The van der Waals surface area contributed by atoms with Crippen LogP contribution in [0, 0.1) is 0 Å². The van der Waals surface area contributed by atoms with Gasteiger partial charge < -0.3 is 19.7 Å². The smallest absolute Gasteiger partial charge is 0.248 e. The highest BCUT2D eigenvalue weighted by Crippen LogP contribution is 2.19. The first-order valence-corrected chi connectivity index (χ1v) is 6.24. The molecule has 0 aromatic heterocycles. The second-order valence-corrected chi connectivity index (χ2v) is 5.32. The summed E-state index contributed by atoms with van der Waals surface area (Å²) in [6, 6.07) is -0.462. The van der Waals surface area contributed by atoms with E-state index >= 15 is 0 Å². The van der Waals surface area contributed by atoms with Crippen LogP contribution in [0.15, 0.2) is 0 Å². The Labute approximate surface area is 107 Å². The van der Waals surface area contributed by atoms with Crippen LogP contribution < -0.4 is 5.32 Å². The van der Waals surface area contributed by atoms with E-state index in [2.05, 4.69) is 5.32 Å². The molecule has 0 aliphatic carbocycles. The molecule has 2 fully saturated rings. The van der Waals surface area contributed by atoms with E-state index in [1.54, 1.807) is 25.7 Å². The number of piperazine rings is 1. The predicted octanol–water partition coefficient (Wildman–Crippen LogP) is -0.473. The monoisotopic (exact) mass is 256 g/mol. The lowest BCUT2D eigenvalue weighted by molar-refractivity contribution is -0.158. The van der Waals surface area contributed by atoms with Gasteiger partial charge in [-0.2, -0.15) is 0 Å². The molecule has 0 aromatic rings. The van der Waals surface area contributed by atoms with Crippen molar-refractivity contribution in [1.29, 1.82) is 0 Å². The fourth-order valence-electron chi connectivity index (χ4n) is 2.24. The van der Waals surface area contributed by atoms with Crippen LogP contribution in [0.1, 0.15) is 20.8 Å². The Morgan fingerprint density at radius 2 is 2.11 bits per heavy atom. The minimum atomic E-state index is -0.848. The molecule has 102 valence electrons. The largest absolute Gasteiger partial charge is 0.376 e. The van der Waals surface area contributed by atoms with Gasteiger partial charge in [0.25, 0.3) is 0 Å². The van der Waals surface area contributed by atoms with Crippen molar-refractivity contribution in [2.45, 2.75) is 38.5 Å². The first-order chi connectivity index (χ1) is 8.42. The first-order valence-electron chi connectivity index (χ1n) is 6.24. The molecular formula is C12H20N2O4. The number of rotatable bonds is 2. The Hall–Kier alpha value is -1.14. The number of hydrogen-bond donors (Lipinski definition) is 1. The molecule has 2 amide bonds. The molecule has 2 rings (SSSR count). The average molecular weight is 256 g/mol. The molecule has 2 saturated heterocycles. The third-order valence-electron chi connectivity index (χ3n) is 3.36. The topological polar surface area (TPSA) is 67.9 Å². The molecule has 0 aromatic carbocycles. The van der Waals surface area contributed by atoms with E-state index in [9.17, 15) is 9.59 Å². The van der Waals surface area contributed by atoms with Crippen molar-refractivity contribution >= 4 is 11.8 Å². The summed E-state index contributed by atoms with van der Waals surface area (Å²) in [6.45, 7) is 7.15. The summed E-state index contributed by atoms with van der Waals surface area (Å²) < 4.78 is 10.8. The number of nitrogens with one attached hydrogen (secondary N) is 1. The molecule has 6 nitrogen and oxygen atoms in total. The Balaban J connectivity index is 2.08. The predicted molar refractivity (Wildman–Crippen MR) is 64.0 cm³/mol. The van der Waals surface area contributed by atoms with Gasteiger partial charge in [-0.05, 0) is 20.8 Å². The highest BCUT2D eigenvalue weighted by atomic mass is 16.6. The number of amides is 2. The summed E-state index contributed by atoms with van der Waals surface area (Å²) in [4.78, 5) is 25.7. The van der Waals surface area contributed by atoms with Gasteiger partial charge in [-0.25, -0.2) is 0 Å². The summed E-state index contributed by atoms with van der Waals surface area (Å²) in [6.07, 6.45) is -0.146. The molecule has 2 unspecified atom stereocenters. The molecule has 18 heavy (non-hydrogen) atoms. The molecule has 0 bridgehead atoms. The Bertz CT molecular complexity index is 350. The van der Waals surface area contributed by atoms with Crippen LogP contribution in [-0.2, 0) is 19.1 Å². The Kier molecular flexibility index (Phi) is 3.59. The van der Waals surface area contributed by atoms with Crippen LogP contribution >= 0.6 is 0 Å². The highest BCUT2D eigenvalue weighted by molar-refractivity contribution is 5.99. The van der Waals surface area contributed by atoms with Gasteiger partial charge in [0.15, 0.2) is 0 Å². The lowest BCUT2D eigenvalue weighted by atomic mass is 9.97. The van der Waals surface area contributed by atoms with Crippen LogP contribution in [0.5, 0.6) is 0 Å². The molecule has 2 aliphatic rings. The van der Waals surface area contributed by atoms with E-state index < -0.39 is 11.6 Å². The van der Waals surface area contributed by atoms with Crippen LogP contribution in [0.2, 0.25) is 0 Å². The number of carbonyl (C=O) groups excluding carboxylic acids is 2. The van der Waals surface area contributed by atoms with Gasteiger partial charge in [-0.1, -0.05) is 0 Å². The van der Waals surface area contributed by atoms with Crippen LogP contribution in [-0.4, -0.2) is 60.8 Å². The SMILES string of the molecule is CC1C(=O)NC(C)(C)C(=O)N1CC1COCCO1. The maximum Gasteiger partial charge on any atom is 0.248 e. The van der Waals surface area contributed by atoms with Crippen molar-refractivity contribution in [1.82, 2.24) is 10.2 Å². The normalized spacial score (nSPS) is 32.3. The summed E-state index contributed by atoms with van der Waals surface area (Å²) >= 11 is 0. The molecule has 0 radical (unpaired) electrons. The van der Waals surface area contributed by atoms with E-state index in [0.29, 0.717) is 26.4 Å². The summed E-state index contributed by atoms with van der Waals surface area (Å²) in [7, 11) is 0. The van der Waals surface area contributed by atoms with Gasteiger partial charge >= 0.3 is 0 Å². The number of carbonyl (C=O) groups is 2. The standard InChI is InChI=1S/C12H20N2O4/c1-8-10(15)13-12(2,3)11(16)14(8)6-9-7-17-4-5-18-9/h8-9H,4-7H2,1-3H3,(H,13,15). The second-order valence-electron chi connectivity index (χ2n) is 5.32. The summed E-state index contributed by atoms with van der Waals surface area (Å²) in [5, 5.41) is 2.72. The van der Waals surface area contributed by atoms with Gasteiger partial charge in [0, 0.05) is 0 Å². The zero-order valence-electron chi connectivity index (χ0n) is 11.1. The maximum absolute atomic E-state index is 12.3. The zero-order valence-corrected chi connectivity index (χ0v) is 11.1. The fraction of sp³-hybridized carbons (Fsp3) is 0.833. The number of hydrogen-bond acceptors (Lipinski definition) is 4. The van der Waals surface area contributed by atoms with E-state index in [-0.39, 0.29) is 17.9 Å². The quantitative estimate of drug-likeness (QED) is 0.725. The first kappa shape index (κ1) is 13.3. The third-order valence-corrected chi connectivity index (χ3v) is 3.36. The van der Waals surface area contributed by atoms with Crippen molar-refractivity contribution in [3.8, 4) is 0 Å². The molecule has 2 heterocycles. The van der Waals surface area contributed by atoms with Gasteiger partial charge in [0.2, 0.25) is 11.8 Å². The molecular weight excluding hydrogens is 236 g/mol. The molecule has 2 aliphatic heterocycles. The van der Waals surface area contributed by atoms with Gasteiger partial charge in [-0.15, -0.1) is 0 Å². The second kappa shape index (κ2) is 4.85.